The van der Waals surface area contributed by atoms with Crippen molar-refractivity contribution in [3.8, 4) is 0 Å². The molecule has 0 radical (unpaired) electrons. The molecule has 22 heavy (non-hydrogen) atoms. The van der Waals surface area contributed by atoms with Crippen LogP contribution in [0, 0.1) is 0 Å². The van der Waals surface area contributed by atoms with Gasteiger partial charge in [0.05, 0.1) is 13.2 Å². The Kier molecular flexibility index (Phi) is 10.7. The second-order valence-electron chi connectivity index (χ2n) is 5.62. The van der Waals surface area contributed by atoms with E-state index in [1.54, 1.807) is 0 Å². The van der Waals surface area contributed by atoms with Crippen LogP contribution in [0.1, 0.15) is 58.8 Å². The molecule has 0 aromatic heterocycles. The van der Waals surface area contributed by atoms with Crippen LogP contribution < -0.4 is 0 Å². The fraction of sp³-hybridized carbons (Fsp3) is 0.600. The summed E-state index contributed by atoms with van der Waals surface area (Å²) >= 11 is 0. The van der Waals surface area contributed by atoms with Crippen LogP contribution in [0.15, 0.2) is 48.6 Å². The van der Waals surface area contributed by atoms with Crippen molar-refractivity contribution >= 4 is 0 Å². The number of rotatable bonds is 10. The normalized spacial score (nSPS) is 19.2. The van der Waals surface area contributed by atoms with Crippen molar-refractivity contribution in [3.05, 3.63) is 48.6 Å². The van der Waals surface area contributed by atoms with Crippen molar-refractivity contribution in [1.29, 1.82) is 0 Å². The van der Waals surface area contributed by atoms with E-state index in [9.17, 15) is 0 Å². The van der Waals surface area contributed by atoms with E-state index in [4.69, 9.17) is 9.47 Å². The van der Waals surface area contributed by atoms with Crippen LogP contribution in [0.5, 0.6) is 0 Å². The average molecular weight is 304 g/mol. The molecule has 124 valence electrons. The zero-order valence-electron chi connectivity index (χ0n) is 14.3. The van der Waals surface area contributed by atoms with Crippen molar-refractivity contribution in [1.82, 2.24) is 0 Å². The van der Waals surface area contributed by atoms with Gasteiger partial charge >= 0.3 is 0 Å². The molecule has 0 heterocycles. The highest BCUT2D eigenvalue weighted by atomic mass is 16.7. The maximum atomic E-state index is 6.08. The third kappa shape index (κ3) is 8.35. The van der Waals surface area contributed by atoms with Crippen LogP contribution in [0.25, 0.3) is 0 Å². The predicted octanol–water partition coefficient (Wildman–Crippen LogP) is 5.72. The average Bonchev–Trinajstić information content (AvgIpc) is 2.55. The van der Waals surface area contributed by atoms with Gasteiger partial charge in [-0.25, -0.2) is 0 Å². The van der Waals surface area contributed by atoms with Crippen LogP contribution in [0.3, 0.4) is 0 Å². The molecule has 0 unspecified atom stereocenters. The van der Waals surface area contributed by atoms with Gasteiger partial charge in [0, 0.05) is 12.8 Å². The van der Waals surface area contributed by atoms with E-state index in [0.29, 0.717) is 13.2 Å². The summed E-state index contributed by atoms with van der Waals surface area (Å²) in [4.78, 5) is 0. The van der Waals surface area contributed by atoms with E-state index in [1.807, 2.05) is 0 Å². The van der Waals surface area contributed by atoms with Gasteiger partial charge in [-0.15, -0.1) is 0 Å². The Labute approximate surface area is 136 Å². The number of hydrogen-bond acceptors (Lipinski definition) is 2. The molecule has 1 fully saturated rings. The van der Waals surface area contributed by atoms with Gasteiger partial charge in [-0.3, -0.25) is 0 Å². The molecule has 0 atom stereocenters. The van der Waals surface area contributed by atoms with Gasteiger partial charge in [-0.1, -0.05) is 68.9 Å². The van der Waals surface area contributed by atoms with E-state index < -0.39 is 0 Å². The molecular formula is C20H32O2. The van der Waals surface area contributed by atoms with Gasteiger partial charge in [0.1, 0.15) is 0 Å². The van der Waals surface area contributed by atoms with Gasteiger partial charge in [0.15, 0.2) is 5.79 Å². The Morgan fingerprint density at radius 2 is 1.14 bits per heavy atom. The van der Waals surface area contributed by atoms with Gasteiger partial charge < -0.3 is 9.47 Å². The number of allylic oxidation sites excluding steroid dienone is 6. The maximum absolute atomic E-state index is 6.08. The predicted molar refractivity (Wildman–Crippen MR) is 94.9 cm³/mol. The van der Waals surface area contributed by atoms with Crippen molar-refractivity contribution < 1.29 is 9.47 Å². The molecule has 0 saturated heterocycles. The fourth-order valence-corrected chi connectivity index (χ4v) is 2.52. The second kappa shape index (κ2) is 12.4. The quantitative estimate of drug-likeness (QED) is 0.379. The Balaban J connectivity index is 2.40. The van der Waals surface area contributed by atoms with Gasteiger partial charge in [0.2, 0.25) is 0 Å². The first-order valence-electron chi connectivity index (χ1n) is 8.74. The van der Waals surface area contributed by atoms with E-state index >= 15 is 0 Å². The smallest absolute Gasteiger partial charge is 0.169 e. The third-order valence-electron chi connectivity index (χ3n) is 3.74. The number of hydrogen-bond donors (Lipinski definition) is 0. The standard InChI is InChI=1S/C20H32O2/c1-3-5-7-9-14-18-21-20(16-12-11-13-17-20)22-19-15-10-8-6-4-2/h5-10,14-15H,3-4,11-13,16-19H2,1-2H3/b7-5+,8-6+,14-9+,15-10+. The zero-order chi connectivity index (χ0) is 15.9. The second-order valence-corrected chi connectivity index (χ2v) is 5.62. The summed E-state index contributed by atoms with van der Waals surface area (Å²) in [5.41, 5.74) is 0. The van der Waals surface area contributed by atoms with E-state index in [1.165, 1.54) is 19.3 Å². The van der Waals surface area contributed by atoms with Crippen LogP contribution in [-0.4, -0.2) is 19.0 Å². The summed E-state index contributed by atoms with van der Waals surface area (Å²) < 4.78 is 12.2. The first-order valence-corrected chi connectivity index (χ1v) is 8.74. The van der Waals surface area contributed by atoms with Gasteiger partial charge in [0.25, 0.3) is 0 Å². The largest absolute Gasteiger partial charge is 0.346 e. The van der Waals surface area contributed by atoms with Crippen molar-refractivity contribution in [2.75, 3.05) is 13.2 Å². The highest BCUT2D eigenvalue weighted by Crippen LogP contribution is 2.32. The van der Waals surface area contributed by atoms with E-state index in [-0.39, 0.29) is 5.79 Å². The monoisotopic (exact) mass is 304 g/mol. The van der Waals surface area contributed by atoms with Gasteiger partial charge in [-0.2, -0.15) is 0 Å². The maximum Gasteiger partial charge on any atom is 0.169 e. The minimum absolute atomic E-state index is 0.379. The zero-order valence-corrected chi connectivity index (χ0v) is 14.3. The topological polar surface area (TPSA) is 18.5 Å². The minimum Gasteiger partial charge on any atom is -0.346 e. The molecule has 2 nitrogen and oxygen atoms in total. The molecule has 1 aliphatic carbocycles. The molecule has 0 spiro atoms. The molecule has 1 saturated carbocycles. The summed E-state index contributed by atoms with van der Waals surface area (Å²) in [7, 11) is 0. The molecule has 2 heteroatoms. The number of ether oxygens (including phenoxy) is 2. The highest BCUT2D eigenvalue weighted by Gasteiger charge is 2.33. The summed E-state index contributed by atoms with van der Waals surface area (Å²) in [6, 6.07) is 0. The molecule has 0 aromatic rings. The van der Waals surface area contributed by atoms with Crippen LogP contribution in [0.4, 0.5) is 0 Å². The summed E-state index contributed by atoms with van der Waals surface area (Å²) in [5, 5.41) is 0. The highest BCUT2D eigenvalue weighted by molar-refractivity contribution is 5.03. The van der Waals surface area contributed by atoms with Crippen LogP contribution in [-0.2, 0) is 9.47 Å². The molecule has 0 bridgehead atoms. The Bertz CT molecular complexity index is 341. The molecule has 1 aliphatic rings. The molecule has 1 rings (SSSR count). The van der Waals surface area contributed by atoms with Crippen molar-refractivity contribution in [3.63, 3.8) is 0 Å². The Hall–Kier alpha value is -1.12. The lowest BCUT2D eigenvalue weighted by atomic mass is 9.94. The summed E-state index contributed by atoms with van der Waals surface area (Å²) in [5.74, 6) is -0.379. The minimum atomic E-state index is -0.379. The van der Waals surface area contributed by atoms with Crippen molar-refractivity contribution in [2.45, 2.75) is 64.6 Å². The van der Waals surface area contributed by atoms with Crippen LogP contribution >= 0.6 is 0 Å². The lowest BCUT2D eigenvalue weighted by Gasteiger charge is -2.36. The summed E-state index contributed by atoms with van der Waals surface area (Å²) in [6.07, 6.45) is 24.5. The Morgan fingerprint density at radius 3 is 1.59 bits per heavy atom. The first-order chi connectivity index (χ1) is 10.8. The lowest BCUT2D eigenvalue weighted by molar-refractivity contribution is -0.241. The molecule has 0 N–H and O–H groups in total. The third-order valence-corrected chi connectivity index (χ3v) is 3.74. The first kappa shape index (κ1) is 18.9. The molecule has 0 aliphatic heterocycles. The molecule has 0 amide bonds. The lowest BCUT2D eigenvalue weighted by Crippen LogP contribution is -2.38. The molecule has 0 aromatic carbocycles. The SMILES string of the molecule is CC/C=C/C=C/COC1(OC/C=C/C=C/CC)CCCCC1. The van der Waals surface area contributed by atoms with E-state index in [2.05, 4.69) is 62.5 Å². The fourth-order valence-electron chi connectivity index (χ4n) is 2.52. The van der Waals surface area contributed by atoms with E-state index in [0.717, 1.165) is 25.7 Å². The van der Waals surface area contributed by atoms with Crippen LogP contribution in [0.2, 0.25) is 0 Å². The molecular weight excluding hydrogens is 272 g/mol. The van der Waals surface area contributed by atoms with Crippen molar-refractivity contribution in [2.24, 2.45) is 0 Å². The Morgan fingerprint density at radius 1 is 0.682 bits per heavy atom. The summed E-state index contributed by atoms with van der Waals surface area (Å²) in [6.45, 7) is 5.50. The van der Waals surface area contributed by atoms with Gasteiger partial charge in [-0.05, 0) is 25.7 Å².